The summed E-state index contributed by atoms with van der Waals surface area (Å²) in [6.07, 6.45) is 4.48. The second-order valence-electron chi connectivity index (χ2n) is 5.90. The van der Waals surface area contributed by atoms with E-state index in [-0.39, 0.29) is 19.1 Å². The van der Waals surface area contributed by atoms with E-state index in [0.717, 1.165) is 6.42 Å². The van der Waals surface area contributed by atoms with Gasteiger partial charge in [0.25, 0.3) is 0 Å². The standard InChI is InChI=1S/C16H25NO5/c1-3-21-15(19)12-8-9-13(16(20)22-4-2)17(12)14(18)10-7-11-5-6-11/h11-13H,3-10H2,1-2H3/t12-,13+. The molecule has 124 valence electrons. The van der Waals surface area contributed by atoms with E-state index >= 15 is 0 Å². The molecule has 22 heavy (non-hydrogen) atoms. The zero-order chi connectivity index (χ0) is 16.1. The lowest BCUT2D eigenvalue weighted by Gasteiger charge is -2.28. The third kappa shape index (κ3) is 3.99. The maximum Gasteiger partial charge on any atom is 0.328 e. The molecule has 1 aliphatic carbocycles. The number of hydrogen-bond donors (Lipinski definition) is 0. The number of nitrogens with zero attached hydrogens (tertiary/aromatic N) is 1. The van der Waals surface area contributed by atoms with Gasteiger partial charge in [-0.05, 0) is 39.0 Å². The Morgan fingerprint density at radius 1 is 0.909 bits per heavy atom. The van der Waals surface area contributed by atoms with Gasteiger partial charge in [-0.15, -0.1) is 0 Å². The molecule has 0 bridgehead atoms. The van der Waals surface area contributed by atoms with Gasteiger partial charge in [0.15, 0.2) is 0 Å². The average Bonchev–Trinajstić information content (AvgIpc) is 3.21. The van der Waals surface area contributed by atoms with Gasteiger partial charge in [0.2, 0.25) is 5.91 Å². The lowest BCUT2D eigenvalue weighted by molar-refractivity contribution is -0.160. The number of amides is 1. The van der Waals surface area contributed by atoms with E-state index in [2.05, 4.69) is 0 Å². The predicted molar refractivity (Wildman–Crippen MR) is 78.9 cm³/mol. The van der Waals surface area contributed by atoms with Crippen LogP contribution in [0.2, 0.25) is 0 Å². The van der Waals surface area contributed by atoms with Gasteiger partial charge in [-0.2, -0.15) is 0 Å². The molecule has 2 fully saturated rings. The Morgan fingerprint density at radius 3 is 1.82 bits per heavy atom. The van der Waals surface area contributed by atoms with E-state index < -0.39 is 24.0 Å². The van der Waals surface area contributed by atoms with Crippen LogP contribution in [0.15, 0.2) is 0 Å². The topological polar surface area (TPSA) is 72.9 Å². The van der Waals surface area contributed by atoms with Gasteiger partial charge in [-0.25, -0.2) is 9.59 Å². The Kier molecular flexibility index (Phi) is 5.80. The summed E-state index contributed by atoms with van der Waals surface area (Å²) < 4.78 is 10.1. The summed E-state index contributed by atoms with van der Waals surface area (Å²) >= 11 is 0. The Labute approximate surface area is 131 Å². The number of carbonyl (C=O) groups is 3. The van der Waals surface area contributed by atoms with Crippen molar-refractivity contribution in [3.63, 3.8) is 0 Å². The van der Waals surface area contributed by atoms with Gasteiger partial charge in [0, 0.05) is 6.42 Å². The van der Waals surface area contributed by atoms with Gasteiger partial charge in [0.05, 0.1) is 13.2 Å². The Balaban J connectivity index is 2.06. The quantitative estimate of drug-likeness (QED) is 0.669. The van der Waals surface area contributed by atoms with Crippen LogP contribution in [0.25, 0.3) is 0 Å². The highest BCUT2D eigenvalue weighted by atomic mass is 16.5. The average molecular weight is 311 g/mol. The minimum atomic E-state index is -0.652. The van der Waals surface area contributed by atoms with Crippen molar-refractivity contribution < 1.29 is 23.9 Å². The van der Waals surface area contributed by atoms with Crippen molar-refractivity contribution in [1.29, 1.82) is 0 Å². The highest BCUT2D eigenvalue weighted by Crippen LogP contribution is 2.35. The lowest BCUT2D eigenvalue weighted by atomic mass is 10.1. The van der Waals surface area contributed by atoms with Crippen LogP contribution < -0.4 is 0 Å². The molecule has 1 saturated carbocycles. The highest BCUT2D eigenvalue weighted by molar-refractivity contribution is 5.90. The van der Waals surface area contributed by atoms with Gasteiger partial charge in [-0.3, -0.25) is 4.79 Å². The molecule has 1 heterocycles. The molecule has 2 atom stereocenters. The van der Waals surface area contributed by atoms with E-state index in [1.165, 1.54) is 17.7 Å². The maximum atomic E-state index is 12.5. The first kappa shape index (κ1) is 16.8. The molecule has 0 N–H and O–H groups in total. The number of rotatable bonds is 7. The normalized spacial score (nSPS) is 24.2. The summed E-state index contributed by atoms with van der Waals surface area (Å²) in [5, 5.41) is 0. The second kappa shape index (κ2) is 7.61. The summed E-state index contributed by atoms with van der Waals surface area (Å²) in [5.74, 6) is -0.350. The minimum Gasteiger partial charge on any atom is -0.464 e. The van der Waals surface area contributed by atoms with E-state index in [4.69, 9.17) is 9.47 Å². The van der Waals surface area contributed by atoms with Gasteiger partial charge >= 0.3 is 11.9 Å². The zero-order valence-corrected chi connectivity index (χ0v) is 13.4. The molecule has 0 aromatic heterocycles. The predicted octanol–water partition coefficient (Wildman–Crippen LogP) is 1.66. The van der Waals surface area contributed by atoms with Crippen LogP contribution in [0, 0.1) is 5.92 Å². The monoisotopic (exact) mass is 311 g/mol. The fourth-order valence-electron chi connectivity index (χ4n) is 2.96. The number of hydrogen-bond acceptors (Lipinski definition) is 5. The highest BCUT2D eigenvalue weighted by Gasteiger charge is 2.45. The van der Waals surface area contributed by atoms with Crippen molar-refractivity contribution in [2.24, 2.45) is 5.92 Å². The molecule has 6 nitrogen and oxygen atoms in total. The minimum absolute atomic E-state index is 0.138. The SMILES string of the molecule is CCOC(=O)[C@H]1CC[C@@H](C(=O)OCC)N1C(=O)CCC1CC1. The van der Waals surface area contributed by atoms with E-state index in [9.17, 15) is 14.4 Å². The fraction of sp³-hybridized carbons (Fsp3) is 0.812. The summed E-state index contributed by atoms with van der Waals surface area (Å²) in [6.45, 7) is 4.00. The fourth-order valence-corrected chi connectivity index (χ4v) is 2.96. The summed E-state index contributed by atoms with van der Waals surface area (Å²) in [5.41, 5.74) is 0. The van der Waals surface area contributed by atoms with Crippen LogP contribution in [-0.2, 0) is 23.9 Å². The number of esters is 2. The first-order valence-corrected chi connectivity index (χ1v) is 8.22. The first-order chi connectivity index (χ1) is 10.6. The van der Waals surface area contributed by atoms with Crippen molar-refractivity contribution >= 4 is 17.8 Å². The molecule has 0 radical (unpaired) electrons. The third-order valence-electron chi connectivity index (χ3n) is 4.25. The number of carbonyl (C=O) groups excluding carboxylic acids is 3. The smallest absolute Gasteiger partial charge is 0.328 e. The Hall–Kier alpha value is -1.59. The zero-order valence-electron chi connectivity index (χ0n) is 13.4. The van der Waals surface area contributed by atoms with Crippen molar-refractivity contribution in [3.8, 4) is 0 Å². The molecule has 6 heteroatoms. The molecular formula is C16H25NO5. The van der Waals surface area contributed by atoms with Crippen LogP contribution in [0.5, 0.6) is 0 Å². The molecule has 0 unspecified atom stereocenters. The van der Waals surface area contributed by atoms with Crippen LogP contribution in [-0.4, -0.2) is 48.0 Å². The lowest BCUT2D eigenvalue weighted by Crippen LogP contribution is -2.48. The van der Waals surface area contributed by atoms with E-state index in [0.29, 0.717) is 25.2 Å². The molecule has 1 amide bonds. The summed E-state index contributed by atoms with van der Waals surface area (Å²) in [7, 11) is 0. The summed E-state index contributed by atoms with van der Waals surface area (Å²) in [4.78, 5) is 38.1. The Bertz CT molecular complexity index is 406. The van der Waals surface area contributed by atoms with Crippen LogP contribution >= 0.6 is 0 Å². The third-order valence-corrected chi connectivity index (χ3v) is 4.25. The molecule has 0 aromatic carbocycles. The van der Waals surface area contributed by atoms with Crippen molar-refractivity contribution in [2.45, 2.75) is 64.5 Å². The number of ether oxygens (including phenoxy) is 2. The Morgan fingerprint density at radius 2 is 1.41 bits per heavy atom. The first-order valence-electron chi connectivity index (χ1n) is 8.22. The van der Waals surface area contributed by atoms with E-state index in [1.807, 2.05) is 0 Å². The molecule has 2 rings (SSSR count). The van der Waals surface area contributed by atoms with Crippen LogP contribution in [0.1, 0.15) is 52.4 Å². The molecule has 0 spiro atoms. The molecule has 0 aromatic rings. The van der Waals surface area contributed by atoms with Crippen molar-refractivity contribution in [2.75, 3.05) is 13.2 Å². The second-order valence-corrected chi connectivity index (χ2v) is 5.90. The molecular weight excluding hydrogens is 286 g/mol. The van der Waals surface area contributed by atoms with Crippen molar-refractivity contribution in [3.05, 3.63) is 0 Å². The van der Waals surface area contributed by atoms with Gasteiger partial charge in [0.1, 0.15) is 12.1 Å². The van der Waals surface area contributed by atoms with Crippen LogP contribution in [0.4, 0.5) is 0 Å². The van der Waals surface area contributed by atoms with E-state index in [1.54, 1.807) is 13.8 Å². The molecule has 1 aliphatic heterocycles. The molecule has 1 saturated heterocycles. The van der Waals surface area contributed by atoms with Gasteiger partial charge < -0.3 is 14.4 Å². The van der Waals surface area contributed by atoms with Crippen molar-refractivity contribution in [1.82, 2.24) is 4.90 Å². The maximum absolute atomic E-state index is 12.5. The largest absolute Gasteiger partial charge is 0.464 e. The van der Waals surface area contributed by atoms with Crippen LogP contribution in [0.3, 0.4) is 0 Å². The molecule has 2 aliphatic rings. The number of likely N-dealkylation sites (tertiary alicyclic amines) is 1. The van der Waals surface area contributed by atoms with Gasteiger partial charge in [-0.1, -0.05) is 12.8 Å². The summed E-state index contributed by atoms with van der Waals surface area (Å²) in [6, 6.07) is -1.30.